The van der Waals surface area contributed by atoms with Crippen LogP contribution in [0.1, 0.15) is 46.9 Å². The van der Waals surface area contributed by atoms with Crippen molar-refractivity contribution in [2.75, 3.05) is 13.1 Å². The van der Waals surface area contributed by atoms with E-state index in [0.29, 0.717) is 25.1 Å². The first-order valence-electron chi connectivity index (χ1n) is 10.7. The zero-order valence-corrected chi connectivity index (χ0v) is 19.2. The summed E-state index contributed by atoms with van der Waals surface area (Å²) in [6.07, 6.45) is 0.560. The fourth-order valence-electron chi connectivity index (χ4n) is 3.58. The lowest BCUT2D eigenvalue weighted by Crippen LogP contribution is -2.32. The molecule has 2 atom stereocenters. The molecule has 0 bridgehead atoms. The van der Waals surface area contributed by atoms with Crippen molar-refractivity contribution in [3.63, 3.8) is 0 Å². The second-order valence-corrected chi connectivity index (χ2v) is 8.75. The highest BCUT2D eigenvalue weighted by Crippen LogP contribution is 2.23. The Morgan fingerprint density at radius 3 is 2.16 bits per heavy atom. The molecule has 162 valence electrons. The number of rotatable bonds is 9. The molecule has 4 nitrogen and oxygen atoms in total. The number of amides is 1. The van der Waals surface area contributed by atoms with Crippen LogP contribution >= 0.6 is 0 Å². The lowest BCUT2D eigenvalue weighted by molar-refractivity contribution is 0.0772. The Labute approximate surface area is 187 Å². The maximum absolute atomic E-state index is 13.1. The van der Waals surface area contributed by atoms with Gasteiger partial charge in [0.2, 0.25) is 0 Å². The Morgan fingerprint density at radius 1 is 0.903 bits per heavy atom. The van der Waals surface area contributed by atoms with Crippen molar-refractivity contribution in [2.24, 2.45) is 0 Å². The first-order chi connectivity index (χ1) is 15.0. The van der Waals surface area contributed by atoms with Crippen LogP contribution in [0.15, 0.2) is 83.8 Å². The third-order valence-electron chi connectivity index (χ3n) is 5.41. The molecule has 0 heterocycles. The summed E-state index contributed by atoms with van der Waals surface area (Å²) >= 11 is 0. The summed E-state index contributed by atoms with van der Waals surface area (Å²) in [7, 11) is -1.37. The van der Waals surface area contributed by atoms with Gasteiger partial charge in [-0.1, -0.05) is 66.2 Å². The van der Waals surface area contributed by atoms with E-state index in [0.717, 1.165) is 21.6 Å². The van der Waals surface area contributed by atoms with Crippen molar-refractivity contribution in [3.05, 3.63) is 101 Å². The molecular weight excluding hydrogens is 404 g/mol. The summed E-state index contributed by atoms with van der Waals surface area (Å²) in [5.74, 6) is 0.0343. The molecule has 0 aromatic heterocycles. The average molecular weight is 435 g/mol. The van der Waals surface area contributed by atoms with Gasteiger partial charge in [-0.15, -0.1) is 0 Å². The molecule has 0 aliphatic carbocycles. The van der Waals surface area contributed by atoms with Crippen LogP contribution < -0.4 is 4.72 Å². The monoisotopic (exact) mass is 434 g/mol. The van der Waals surface area contributed by atoms with Crippen LogP contribution in [0.3, 0.4) is 0 Å². The maximum Gasteiger partial charge on any atom is 0.254 e. The highest BCUT2D eigenvalue weighted by atomic mass is 32.2. The normalized spacial score (nSPS) is 12.9. The molecule has 0 aliphatic rings. The number of hydrogen-bond donors (Lipinski definition) is 1. The smallest absolute Gasteiger partial charge is 0.254 e. The lowest BCUT2D eigenvalue weighted by atomic mass is 9.95. The van der Waals surface area contributed by atoms with Crippen LogP contribution in [0, 0.1) is 6.92 Å². The van der Waals surface area contributed by atoms with Crippen LogP contribution in [0.25, 0.3) is 0 Å². The fourth-order valence-corrected chi connectivity index (χ4v) is 4.58. The quantitative estimate of drug-likeness (QED) is 0.511. The zero-order valence-electron chi connectivity index (χ0n) is 18.4. The second-order valence-electron chi connectivity index (χ2n) is 7.50. The Balaban J connectivity index is 1.91. The van der Waals surface area contributed by atoms with Gasteiger partial charge in [0.05, 0.1) is 4.90 Å². The Bertz CT molecular complexity index is 1020. The Morgan fingerprint density at radius 2 is 1.52 bits per heavy atom. The summed E-state index contributed by atoms with van der Waals surface area (Å²) in [5, 5.41) is 0. The molecule has 5 heteroatoms. The average Bonchev–Trinajstić information content (AvgIpc) is 2.80. The minimum atomic E-state index is -1.37. The number of nitrogens with one attached hydrogen (secondary N) is 1. The lowest BCUT2D eigenvalue weighted by Gasteiger charge is -2.23. The molecule has 0 radical (unpaired) electrons. The summed E-state index contributed by atoms with van der Waals surface area (Å²) < 4.78 is 16.4. The van der Waals surface area contributed by atoms with Crippen molar-refractivity contribution in [1.82, 2.24) is 9.62 Å². The molecule has 0 fully saturated rings. The Kier molecular flexibility index (Phi) is 8.15. The number of carbonyl (C=O) groups is 1. The van der Waals surface area contributed by atoms with Crippen LogP contribution in [0.5, 0.6) is 0 Å². The summed E-state index contributed by atoms with van der Waals surface area (Å²) in [5.41, 5.74) is 3.81. The SMILES string of the molecule is CCN(CC)C(=O)c1ccccc1C[C@H](NS(=O)c1ccc(C)cc1)c1ccccc1. The summed E-state index contributed by atoms with van der Waals surface area (Å²) in [6, 6.07) is 25.2. The number of nitrogens with zero attached hydrogens (tertiary/aromatic N) is 1. The van der Waals surface area contributed by atoms with Crippen molar-refractivity contribution in [3.8, 4) is 0 Å². The van der Waals surface area contributed by atoms with E-state index in [2.05, 4.69) is 4.72 Å². The molecule has 0 saturated heterocycles. The van der Waals surface area contributed by atoms with Gasteiger partial charge < -0.3 is 4.90 Å². The van der Waals surface area contributed by atoms with E-state index in [1.165, 1.54) is 0 Å². The maximum atomic E-state index is 13.1. The van der Waals surface area contributed by atoms with Crippen LogP contribution in [-0.2, 0) is 17.4 Å². The second kappa shape index (κ2) is 11.0. The van der Waals surface area contributed by atoms with Gasteiger partial charge in [-0.3, -0.25) is 4.79 Å². The van der Waals surface area contributed by atoms with Gasteiger partial charge in [0.15, 0.2) is 0 Å². The molecule has 3 aromatic carbocycles. The van der Waals surface area contributed by atoms with Gasteiger partial charge in [-0.2, -0.15) is 0 Å². The number of hydrogen-bond acceptors (Lipinski definition) is 2. The van der Waals surface area contributed by atoms with Gasteiger partial charge >= 0.3 is 0 Å². The predicted molar refractivity (Wildman–Crippen MR) is 127 cm³/mol. The minimum Gasteiger partial charge on any atom is -0.339 e. The molecule has 0 aliphatic heterocycles. The largest absolute Gasteiger partial charge is 0.339 e. The molecule has 31 heavy (non-hydrogen) atoms. The summed E-state index contributed by atoms with van der Waals surface area (Å²) in [4.78, 5) is 15.6. The Hall–Kier alpha value is -2.76. The van der Waals surface area contributed by atoms with Crippen LogP contribution in [-0.4, -0.2) is 28.1 Å². The fraction of sp³-hybridized carbons (Fsp3) is 0.269. The molecule has 0 spiro atoms. The van der Waals surface area contributed by atoms with E-state index in [1.807, 2.05) is 105 Å². The van der Waals surface area contributed by atoms with Crippen LogP contribution in [0.2, 0.25) is 0 Å². The molecule has 1 unspecified atom stereocenters. The van der Waals surface area contributed by atoms with E-state index in [9.17, 15) is 9.00 Å². The van der Waals surface area contributed by atoms with Gasteiger partial charge in [0.25, 0.3) is 5.91 Å². The van der Waals surface area contributed by atoms with Gasteiger partial charge in [-0.25, -0.2) is 8.93 Å². The van der Waals surface area contributed by atoms with E-state index < -0.39 is 11.0 Å². The van der Waals surface area contributed by atoms with E-state index in [1.54, 1.807) is 0 Å². The van der Waals surface area contributed by atoms with Gasteiger partial charge in [-0.05, 0) is 56.5 Å². The zero-order chi connectivity index (χ0) is 22.2. The van der Waals surface area contributed by atoms with E-state index in [-0.39, 0.29) is 11.9 Å². The highest BCUT2D eigenvalue weighted by molar-refractivity contribution is 7.83. The standard InChI is InChI=1S/C26H30N2O2S/c1-4-28(5-2)26(29)24-14-10-9-13-22(24)19-25(21-11-7-6-8-12-21)27-31(30)23-17-15-20(3)16-18-23/h6-18,25,27H,4-5,19H2,1-3H3/t25-,31?/m0/s1. The molecule has 0 saturated carbocycles. The number of benzene rings is 3. The molecule has 3 aromatic rings. The number of aryl methyl sites for hydroxylation is 1. The van der Waals surface area contributed by atoms with Gasteiger partial charge in [0, 0.05) is 24.7 Å². The summed E-state index contributed by atoms with van der Waals surface area (Å²) in [6.45, 7) is 7.33. The molecule has 3 rings (SSSR count). The number of carbonyl (C=O) groups excluding carboxylic acids is 1. The van der Waals surface area contributed by atoms with Crippen molar-refractivity contribution >= 4 is 16.9 Å². The van der Waals surface area contributed by atoms with E-state index in [4.69, 9.17) is 0 Å². The van der Waals surface area contributed by atoms with Crippen LogP contribution in [0.4, 0.5) is 0 Å². The van der Waals surface area contributed by atoms with Crippen molar-refractivity contribution in [2.45, 2.75) is 38.1 Å². The van der Waals surface area contributed by atoms with Crippen molar-refractivity contribution in [1.29, 1.82) is 0 Å². The highest BCUT2D eigenvalue weighted by Gasteiger charge is 2.21. The minimum absolute atomic E-state index is 0.0343. The topological polar surface area (TPSA) is 49.4 Å². The van der Waals surface area contributed by atoms with Crippen molar-refractivity contribution < 1.29 is 9.00 Å². The first-order valence-corrected chi connectivity index (χ1v) is 11.8. The third kappa shape index (κ3) is 5.90. The molecular formula is C26H30N2O2S. The first kappa shape index (κ1) is 22.9. The third-order valence-corrected chi connectivity index (χ3v) is 6.61. The molecule has 1 N–H and O–H groups in total. The van der Waals surface area contributed by atoms with E-state index >= 15 is 0 Å². The van der Waals surface area contributed by atoms with Gasteiger partial charge in [0.1, 0.15) is 11.0 Å². The predicted octanol–water partition coefficient (Wildman–Crippen LogP) is 5.07. The molecule has 1 amide bonds.